The summed E-state index contributed by atoms with van der Waals surface area (Å²) in [4.78, 5) is 11.9. The molecular formula is C15H16FN5O. The lowest BCUT2D eigenvalue weighted by Gasteiger charge is -2.04. The third kappa shape index (κ3) is 4.34. The molecule has 0 aliphatic carbocycles. The zero-order valence-electron chi connectivity index (χ0n) is 12.3. The predicted octanol–water partition coefficient (Wildman–Crippen LogP) is 2.33. The van der Waals surface area contributed by atoms with Crippen molar-refractivity contribution in [2.24, 2.45) is 15.9 Å². The van der Waals surface area contributed by atoms with Gasteiger partial charge < -0.3 is 10.6 Å². The van der Waals surface area contributed by atoms with Crippen LogP contribution in [-0.2, 0) is 0 Å². The van der Waals surface area contributed by atoms with Gasteiger partial charge in [-0.3, -0.25) is 4.99 Å². The molecule has 0 spiro atoms. The number of aromatic nitrogens is 2. The summed E-state index contributed by atoms with van der Waals surface area (Å²) in [5.74, 6) is 4.82. The highest BCUT2D eigenvalue weighted by molar-refractivity contribution is 6.31. The summed E-state index contributed by atoms with van der Waals surface area (Å²) in [6, 6.07) is 7.74. The van der Waals surface area contributed by atoms with E-state index in [1.165, 1.54) is 13.1 Å². The molecule has 0 atom stereocenters. The molecule has 0 unspecified atom stereocenters. The first-order valence-electron chi connectivity index (χ1n) is 6.58. The van der Waals surface area contributed by atoms with E-state index in [1.807, 2.05) is 31.2 Å². The lowest BCUT2D eigenvalue weighted by molar-refractivity contribution is 0.343. The van der Waals surface area contributed by atoms with E-state index >= 15 is 0 Å². The molecular weight excluding hydrogens is 285 g/mol. The minimum Gasteiger partial charge on any atom is -0.457 e. The van der Waals surface area contributed by atoms with Crippen LogP contribution in [0, 0.1) is 19.7 Å². The second-order valence-electron chi connectivity index (χ2n) is 4.59. The maximum atomic E-state index is 13.1. The average Bonchev–Trinajstić information content (AvgIpc) is 2.51. The Morgan fingerprint density at radius 3 is 2.91 bits per heavy atom. The molecule has 7 heteroatoms. The van der Waals surface area contributed by atoms with E-state index < -0.39 is 5.82 Å². The van der Waals surface area contributed by atoms with Gasteiger partial charge in [0.05, 0.1) is 23.8 Å². The SMILES string of the molecule is Cc1cccc(N=CC(COc2ncc(F)c(C)n2)=NN)c1. The number of hydrogen-bond acceptors (Lipinski definition) is 6. The number of halogens is 1. The van der Waals surface area contributed by atoms with Crippen LogP contribution in [0.2, 0.25) is 0 Å². The number of rotatable bonds is 5. The standard InChI is InChI=1S/C15H16FN5O/c1-10-4-3-5-12(6-10)18-7-13(21-17)9-22-15-19-8-14(16)11(2)20-15/h3-8H,9,17H2,1-2H3. The highest BCUT2D eigenvalue weighted by atomic mass is 19.1. The maximum Gasteiger partial charge on any atom is 0.317 e. The highest BCUT2D eigenvalue weighted by Crippen LogP contribution is 2.12. The molecule has 1 heterocycles. The molecule has 0 amide bonds. The van der Waals surface area contributed by atoms with E-state index in [0.29, 0.717) is 5.71 Å². The Labute approximate surface area is 127 Å². The first-order valence-corrected chi connectivity index (χ1v) is 6.58. The smallest absolute Gasteiger partial charge is 0.317 e. The Balaban J connectivity index is 1.99. The van der Waals surface area contributed by atoms with Gasteiger partial charge in [0, 0.05) is 0 Å². The predicted molar refractivity (Wildman–Crippen MR) is 83.2 cm³/mol. The Kier molecular flexibility index (Phi) is 5.13. The molecule has 0 fully saturated rings. The Morgan fingerprint density at radius 1 is 1.41 bits per heavy atom. The minimum absolute atomic E-state index is 0.0386. The molecule has 0 radical (unpaired) electrons. The van der Waals surface area contributed by atoms with Gasteiger partial charge in [0.1, 0.15) is 12.3 Å². The van der Waals surface area contributed by atoms with Crippen LogP contribution in [-0.4, -0.2) is 28.5 Å². The van der Waals surface area contributed by atoms with Crippen molar-refractivity contribution < 1.29 is 9.13 Å². The largest absolute Gasteiger partial charge is 0.457 e. The van der Waals surface area contributed by atoms with Crippen molar-refractivity contribution in [1.29, 1.82) is 0 Å². The number of ether oxygens (including phenoxy) is 1. The Morgan fingerprint density at radius 2 is 2.23 bits per heavy atom. The van der Waals surface area contributed by atoms with Gasteiger partial charge in [-0.15, -0.1) is 0 Å². The summed E-state index contributed by atoms with van der Waals surface area (Å²) in [5.41, 5.74) is 2.51. The molecule has 22 heavy (non-hydrogen) atoms. The van der Waals surface area contributed by atoms with Gasteiger partial charge >= 0.3 is 6.01 Å². The molecule has 0 saturated heterocycles. The van der Waals surface area contributed by atoms with Crippen LogP contribution in [0.25, 0.3) is 0 Å². The summed E-state index contributed by atoms with van der Waals surface area (Å²) in [6.45, 7) is 3.55. The van der Waals surface area contributed by atoms with E-state index in [4.69, 9.17) is 10.6 Å². The molecule has 2 N–H and O–H groups in total. The molecule has 0 saturated carbocycles. The zero-order valence-corrected chi connectivity index (χ0v) is 12.3. The number of nitrogens with zero attached hydrogens (tertiary/aromatic N) is 4. The number of nitrogens with two attached hydrogens (primary N) is 1. The van der Waals surface area contributed by atoms with E-state index in [0.717, 1.165) is 17.4 Å². The van der Waals surface area contributed by atoms with Gasteiger partial charge in [0.2, 0.25) is 0 Å². The van der Waals surface area contributed by atoms with Crippen molar-refractivity contribution in [3.63, 3.8) is 0 Å². The van der Waals surface area contributed by atoms with Crippen molar-refractivity contribution in [1.82, 2.24) is 9.97 Å². The molecule has 0 aliphatic rings. The molecule has 0 aliphatic heterocycles. The van der Waals surface area contributed by atoms with Gasteiger partial charge in [0.15, 0.2) is 5.82 Å². The van der Waals surface area contributed by atoms with Gasteiger partial charge in [-0.25, -0.2) is 9.37 Å². The van der Waals surface area contributed by atoms with Crippen molar-refractivity contribution in [2.45, 2.75) is 13.8 Å². The number of hydrazone groups is 1. The number of benzene rings is 1. The number of hydrogen-bond donors (Lipinski definition) is 1. The van der Waals surface area contributed by atoms with Crippen LogP contribution in [0.3, 0.4) is 0 Å². The topological polar surface area (TPSA) is 85.8 Å². The minimum atomic E-state index is -0.485. The van der Waals surface area contributed by atoms with E-state index in [9.17, 15) is 4.39 Å². The molecule has 2 aromatic rings. The van der Waals surface area contributed by atoms with Crippen molar-refractivity contribution in [3.8, 4) is 6.01 Å². The van der Waals surface area contributed by atoms with Crippen LogP contribution < -0.4 is 10.6 Å². The van der Waals surface area contributed by atoms with Crippen molar-refractivity contribution >= 4 is 17.6 Å². The fourth-order valence-electron chi connectivity index (χ4n) is 1.60. The fraction of sp³-hybridized carbons (Fsp3) is 0.200. The first-order chi connectivity index (χ1) is 10.6. The first kappa shape index (κ1) is 15.6. The van der Waals surface area contributed by atoms with Crippen LogP contribution in [0.15, 0.2) is 40.6 Å². The third-order valence-corrected chi connectivity index (χ3v) is 2.78. The average molecular weight is 301 g/mol. The Bertz CT molecular complexity index is 715. The zero-order chi connectivity index (χ0) is 15.9. The molecule has 6 nitrogen and oxygen atoms in total. The monoisotopic (exact) mass is 301 g/mol. The van der Waals surface area contributed by atoms with Crippen LogP contribution in [0.5, 0.6) is 6.01 Å². The summed E-state index contributed by atoms with van der Waals surface area (Å²) >= 11 is 0. The van der Waals surface area contributed by atoms with Gasteiger partial charge in [-0.05, 0) is 31.5 Å². The van der Waals surface area contributed by atoms with Gasteiger partial charge in [-0.2, -0.15) is 10.1 Å². The van der Waals surface area contributed by atoms with Gasteiger partial charge in [-0.1, -0.05) is 12.1 Å². The number of aryl methyl sites for hydroxylation is 2. The van der Waals surface area contributed by atoms with Crippen LogP contribution >= 0.6 is 0 Å². The Hall–Kier alpha value is -2.83. The van der Waals surface area contributed by atoms with E-state index in [2.05, 4.69) is 20.1 Å². The van der Waals surface area contributed by atoms with Gasteiger partial charge in [0.25, 0.3) is 0 Å². The lowest BCUT2D eigenvalue weighted by Crippen LogP contribution is -2.16. The second-order valence-corrected chi connectivity index (χ2v) is 4.59. The summed E-state index contributed by atoms with van der Waals surface area (Å²) in [5, 5.41) is 3.59. The molecule has 1 aromatic carbocycles. The second kappa shape index (κ2) is 7.26. The molecule has 114 valence electrons. The third-order valence-electron chi connectivity index (χ3n) is 2.78. The normalized spacial score (nSPS) is 11.9. The summed E-state index contributed by atoms with van der Waals surface area (Å²) in [6.07, 6.45) is 2.56. The molecule has 0 bridgehead atoms. The highest BCUT2D eigenvalue weighted by Gasteiger charge is 2.05. The van der Waals surface area contributed by atoms with Crippen molar-refractivity contribution in [3.05, 3.63) is 47.5 Å². The lowest BCUT2D eigenvalue weighted by atomic mass is 10.2. The number of aliphatic imine (C=N–C) groups is 1. The summed E-state index contributed by atoms with van der Waals surface area (Å²) in [7, 11) is 0. The quantitative estimate of drug-likeness (QED) is 0.521. The van der Waals surface area contributed by atoms with Crippen molar-refractivity contribution in [2.75, 3.05) is 6.61 Å². The van der Waals surface area contributed by atoms with E-state index in [-0.39, 0.29) is 18.3 Å². The summed E-state index contributed by atoms with van der Waals surface area (Å²) < 4.78 is 18.4. The van der Waals surface area contributed by atoms with E-state index in [1.54, 1.807) is 0 Å². The molecule has 1 aromatic heterocycles. The van der Waals surface area contributed by atoms with Crippen LogP contribution in [0.1, 0.15) is 11.3 Å². The van der Waals surface area contributed by atoms with Crippen LogP contribution in [0.4, 0.5) is 10.1 Å². The maximum absolute atomic E-state index is 13.1. The molecule has 2 rings (SSSR count). The fourth-order valence-corrected chi connectivity index (χ4v) is 1.60.